The number of carbonyl (C=O) groups is 1. The van der Waals surface area contributed by atoms with Gasteiger partial charge in [0.1, 0.15) is 6.29 Å². The molecule has 0 atom stereocenters. The standard InChI is InChI=1S/C10H14OSi.3CO.Cr/c1-12(2,3)10-7-5-4-6-9(10)8-11;3*1-2;/h4-8H,1-3H3;;;;. The van der Waals surface area contributed by atoms with Crippen LogP contribution in [0.1, 0.15) is 10.4 Å². The zero-order valence-electron chi connectivity index (χ0n) is 10.9. The van der Waals surface area contributed by atoms with E-state index in [0.717, 1.165) is 11.8 Å². The van der Waals surface area contributed by atoms with E-state index < -0.39 is 8.07 Å². The number of rotatable bonds is 2. The van der Waals surface area contributed by atoms with Crippen molar-refractivity contribution in [1.82, 2.24) is 0 Å². The molecule has 4 nitrogen and oxygen atoms in total. The van der Waals surface area contributed by atoms with Crippen LogP contribution in [0.5, 0.6) is 0 Å². The Morgan fingerprint density at radius 3 is 1.58 bits per heavy atom. The van der Waals surface area contributed by atoms with E-state index in [2.05, 4.69) is 45.7 Å². The van der Waals surface area contributed by atoms with E-state index >= 15 is 0 Å². The summed E-state index contributed by atoms with van der Waals surface area (Å²) in [7, 11) is -1.33. The predicted octanol–water partition coefficient (Wildman–Crippen LogP) is 1.93. The van der Waals surface area contributed by atoms with Gasteiger partial charge in [0.2, 0.25) is 0 Å². The van der Waals surface area contributed by atoms with Crippen LogP contribution in [0.3, 0.4) is 0 Å². The Morgan fingerprint density at radius 2 is 1.32 bits per heavy atom. The molecule has 0 aliphatic carbocycles. The summed E-state index contributed by atoms with van der Waals surface area (Å²) in [4.78, 5) is 10.7. The first-order valence-electron chi connectivity index (χ1n) is 4.71. The molecule has 1 aromatic carbocycles. The Labute approximate surface area is 125 Å². The molecule has 100 valence electrons. The third kappa shape index (κ3) is 11.7. The van der Waals surface area contributed by atoms with Gasteiger partial charge in [-0.1, -0.05) is 43.9 Å². The number of hydrogen-bond acceptors (Lipinski definition) is 1. The molecule has 19 heavy (non-hydrogen) atoms. The molecule has 0 fully saturated rings. The Morgan fingerprint density at radius 1 is 0.947 bits per heavy atom. The van der Waals surface area contributed by atoms with Gasteiger partial charge in [-0.05, 0) is 5.19 Å². The minimum absolute atomic E-state index is 0. The molecule has 0 heterocycles. The number of aldehydes is 1. The van der Waals surface area contributed by atoms with Gasteiger partial charge >= 0.3 is 33.9 Å². The smallest absolute Gasteiger partial charge is 0 e. The van der Waals surface area contributed by atoms with Gasteiger partial charge in [-0.2, -0.15) is 0 Å². The van der Waals surface area contributed by atoms with Crippen LogP contribution in [0.4, 0.5) is 0 Å². The average Bonchev–Trinajstić information content (AvgIpc) is 2.44. The van der Waals surface area contributed by atoms with Gasteiger partial charge in [0.25, 0.3) is 0 Å². The summed E-state index contributed by atoms with van der Waals surface area (Å²) in [6.07, 6.45) is 0.952. The molecule has 0 N–H and O–H groups in total. The number of benzene rings is 1. The third-order valence-corrected chi connectivity index (χ3v) is 3.97. The number of carbonyl (C=O) groups excluding carboxylic acids is 1. The van der Waals surface area contributed by atoms with Crippen molar-refractivity contribution in [2.75, 3.05) is 0 Å². The second kappa shape index (κ2) is 16.9. The average molecular weight is 314 g/mol. The molecule has 1 aromatic rings. The van der Waals surface area contributed by atoms with Crippen molar-refractivity contribution < 1.29 is 36.1 Å². The van der Waals surface area contributed by atoms with E-state index in [-0.39, 0.29) is 17.4 Å². The summed E-state index contributed by atoms with van der Waals surface area (Å²) in [6, 6.07) is 7.87. The summed E-state index contributed by atoms with van der Waals surface area (Å²) in [5.74, 6) is 0. The van der Waals surface area contributed by atoms with Gasteiger partial charge in [-0.3, -0.25) is 4.79 Å². The van der Waals surface area contributed by atoms with Crippen molar-refractivity contribution >= 4 is 19.5 Å². The molecule has 0 aromatic heterocycles. The molecule has 0 saturated carbocycles. The summed E-state index contributed by atoms with van der Waals surface area (Å²) in [6.45, 7) is 20.2. The fourth-order valence-electron chi connectivity index (χ4n) is 1.28. The van der Waals surface area contributed by atoms with E-state index in [1.165, 1.54) is 5.19 Å². The molecule has 6 heteroatoms. The van der Waals surface area contributed by atoms with E-state index in [9.17, 15) is 4.79 Å². The maximum atomic E-state index is 10.7. The van der Waals surface area contributed by atoms with E-state index in [0.29, 0.717) is 0 Å². The van der Waals surface area contributed by atoms with Crippen molar-refractivity contribution in [3.8, 4) is 0 Å². The first kappa shape index (κ1) is 26.4. The van der Waals surface area contributed by atoms with Gasteiger partial charge in [-0.25, -0.2) is 0 Å². The van der Waals surface area contributed by atoms with Crippen LogP contribution in [0.2, 0.25) is 19.6 Å². The molecule has 0 saturated heterocycles. The third-order valence-electron chi connectivity index (χ3n) is 1.90. The van der Waals surface area contributed by atoms with Gasteiger partial charge in [0.05, 0.1) is 8.07 Å². The van der Waals surface area contributed by atoms with Crippen LogP contribution in [0.15, 0.2) is 24.3 Å². The van der Waals surface area contributed by atoms with Crippen LogP contribution in [-0.4, -0.2) is 14.4 Å². The maximum absolute atomic E-state index is 10.7. The normalized spacial score (nSPS) is 7.42. The van der Waals surface area contributed by atoms with Crippen LogP contribution in [0, 0.1) is 20.0 Å². The second-order valence-electron chi connectivity index (χ2n) is 3.96. The fourth-order valence-corrected chi connectivity index (χ4v) is 2.89. The summed E-state index contributed by atoms with van der Waals surface area (Å²) in [5.41, 5.74) is 0.858. The fraction of sp³-hybridized carbons (Fsp3) is 0.231. The SMILES string of the molecule is C[Si](C)(C)c1ccccc1C=O.[C-]#[O+].[C-]#[O+].[C-]#[O+].[Cr]. The molecule has 0 radical (unpaired) electrons. The van der Waals surface area contributed by atoms with Crippen molar-refractivity contribution in [3.05, 3.63) is 49.8 Å². The van der Waals surface area contributed by atoms with E-state index in [4.69, 9.17) is 14.0 Å². The van der Waals surface area contributed by atoms with E-state index in [1.807, 2.05) is 18.2 Å². The van der Waals surface area contributed by atoms with Gasteiger partial charge in [0, 0.05) is 22.9 Å². The van der Waals surface area contributed by atoms with Crippen molar-refractivity contribution in [2.24, 2.45) is 0 Å². The quantitative estimate of drug-likeness (QED) is 0.355. The largest absolute Gasteiger partial charge is 0 e. The molecule has 0 aliphatic rings. The minimum atomic E-state index is -1.33. The van der Waals surface area contributed by atoms with Crippen molar-refractivity contribution in [3.63, 3.8) is 0 Å². The Hall–Kier alpha value is -1.14. The van der Waals surface area contributed by atoms with Gasteiger partial charge in [0.15, 0.2) is 0 Å². The summed E-state index contributed by atoms with van der Waals surface area (Å²) >= 11 is 0. The van der Waals surface area contributed by atoms with Gasteiger partial charge in [-0.15, -0.1) is 0 Å². The summed E-state index contributed by atoms with van der Waals surface area (Å²) < 4.78 is 22.5. The van der Waals surface area contributed by atoms with Crippen LogP contribution in [-0.2, 0) is 31.3 Å². The molecular weight excluding hydrogens is 300 g/mol. The second-order valence-corrected chi connectivity index (χ2v) is 8.99. The molecule has 0 unspecified atom stereocenters. The maximum Gasteiger partial charge on any atom is 0 e. The molecule has 0 aliphatic heterocycles. The van der Waals surface area contributed by atoms with Crippen LogP contribution >= 0.6 is 0 Å². The minimum Gasteiger partial charge on any atom is 0 e. The molecule has 1 rings (SSSR count). The van der Waals surface area contributed by atoms with Gasteiger partial charge < -0.3 is 0 Å². The van der Waals surface area contributed by atoms with Crippen LogP contribution < -0.4 is 5.19 Å². The summed E-state index contributed by atoms with van der Waals surface area (Å²) in [5, 5.41) is 1.25. The molecule has 0 spiro atoms. The topological polar surface area (TPSA) is 76.8 Å². The zero-order valence-corrected chi connectivity index (χ0v) is 13.2. The Bertz CT molecular complexity index is 391. The van der Waals surface area contributed by atoms with Crippen molar-refractivity contribution in [2.45, 2.75) is 19.6 Å². The predicted molar refractivity (Wildman–Crippen MR) is 66.6 cm³/mol. The van der Waals surface area contributed by atoms with E-state index in [1.54, 1.807) is 0 Å². The Balaban J connectivity index is -0.000000142. The molecule has 0 amide bonds. The first-order chi connectivity index (χ1) is 8.55. The molecule has 0 bridgehead atoms. The monoisotopic (exact) mass is 314 g/mol. The molecular formula is C13H14CrO4Si. The number of hydrogen-bond donors (Lipinski definition) is 0. The van der Waals surface area contributed by atoms with Crippen molar-refractivity contribution in [1.29, 1.82) is 0 Å². The first-order valence-corrected chi connectivity index (χ1v) is 8.21. The Kier molecular flexibility index (Phi) is 23.5. The zero-order chi connectivity index (χ0) is 15.2. The van der Waals surface area contributed by atoms with Crippen LogP contribution in [0.25, 0.3) is 0 Å².